The Balaban J connectivity index is 1.03. The van der Waals surface area contributed by atoms with Crippen LogP contribution in [0.25, 0.3) is 77.7 Å². The summed E-state index contributed by atoms with van der Waals surface area (Å²) in [6, 6.07) is 66.5. The van der Waals surface area contributed by atoms with E-state index < -0.39 is 0 Å². The molecule has 0 N–H and O–H groups in total. The number of rotatable bonds is 8. The first-order valence-electron chi connectivity index (χ1n) is 24.4. The highest BCUT2D eigenvalue weighted by atomic mass is 15.1. The standard InChI is InChI=1S/C65H55N/c1-44-25-33-50(34-26-44)61(51-35-27-47(28-36-51)41-45-13-4-2-5-14-45)43-49-31-39-54(40-32-49)66(53-37-29-48(30-38-53)42-46-15-6-3-7-16-46)65-58-20-9-8-19-57(58)63-59-23-11-18-52-17-10-21-55(62(52)59)56-22-12-24-60(65)64(56)63/h8-12,17-43H,2-7,13-16H2,1H3/b61-43+. The maximum Gasteiger partial charge on any atom is 0.0619 e. The third kappa shape index (κ3) is 7.47. The Morgan fingerprint density at radius 1 is 0.379 bits per heavy atom. The quantitative estimate of drug-likeness (QED) is 0.0836. The van der Waals surface area contributed by atoms with Crippen LogP contribution in [0.1, 0.15) is 97.6 Å². The maximum absolute atomic E-state index is 2.53. The Kier molecular flexibility index (Phi) is 10.6. The number of nitrogens with zero attached hydrogens (tertiary/aromatic N) is 1. The molecule has 0 aliphatic heterocycles. The third-order valence-corrected chi connectivity index (χ3v) is 14.6. The molecule has 0 unspecified atom stereocenters. The second-order valence-electron chi connectivity index (χ2n) is 19.0. The Morgan fingerprint density at radius 2 is 0.818 bits per heavy atom. The minimum atomic E-state index is 1.13. The van der Waals surface area contributed by atoms with Gasteiger partial charge in [-0.3, -0.25) is 0 Å². The monoisotopic (exact) mass is 849 g/mol. The van der Waals surface area contributed by atoms with E-state index in [0.717, 1.165) is 11.4 Å². The molecule has 0 atom stereocenters. The zero-order valence-corrected chi connectivity index (χ0v) is 38.0. The number of hydrogen-bond donors (Lipinski definition) is 0. The Morgan fingerprint density at radius 3 is 1.42 bits per heavy atom. The van der Waals surface area contributed by atoms with Gasteiger partial charge in [-0.1, -0.05) is 193 Å². The van der Waals surface area contributed by atoms with Gasteiger partial charge in [-0.05, 0) is 160 Å². The second kappa shape index (κ2) is 17.3. The fourth-order valence-electron chi connectivity index (χ4n) is 11.3. The van der Waals surface area contributed by atoms with Crippen LogP contribution in [0.3, 0.4) is 0 Å². The van der Waals surface area contributed by atoms with Gasteiger partial charge in [0.2, 0.25) is 0 Å². The van der Waals surface area contributed by atoms with Crippen LogP contribution < -0.4 is 4.90 Å². The van der Waals surface area contributed by atoms with Gasteiger partial charge in [-0.25, -0.2) is 0 Å². The summed E-state index contributed by atoms with van der Waals surface area (Å²) >= 11 is 0. The van der Waals surface area contributed by atoms with E-state index in [9.17, 15) is 0 Å². The van der Waals surface area contributed by atoms with E-state index in [1.54, 1.807) is 11.1 Å². The zero-order valence-electron chi connectivity index (χ0n) is 38.0. The summed E-state index contributed by atoms with van der Waals surface area (Å²) in [7, 11) is 0. The van der Waals surface area contributed by atoms with Crippen LogP contribution in [0.4, 0.5) is 17.1 Å². The minimum Gasteiger partial charge on any atom is -0.309 e. The van der Waals surface area contributed by atoms with Crippen molar-refractivity contribution in [3.8, 4) is 0 Å². The number of benzene rings is 10. The van der Waals surface area contributed by atoms with Crippen LogP contribution in [0, 0.1) is 6.92 Å². The first kappa shape index (κ1) is 40.3. The van der Waals surface area contributed by atoms with Gasteiger partial charge in [-0.15, -0.1) is 0 Å². The minimum absolute atomic E-state index is 1.13. The van der Waals surface area contributed by atoms with Crippen LogP contribution in [0.2, 0.25) is 0 Å². The highest BCUT2D eigenvalue weighted by molar-refractivity contribution is 6.40. The Hall–Kier alpha value is -7.22. The van der Waals surface area contributed by atoms with Crippen LogP contribution in [-0.4, -0.2) is 0 Å². The third-order valence-electron chi connectivity index (χ3n) is 14.6. The number of allylic oxidation sites excluding steroid dienone is 2. The molecule has 2 saturated carbocycles. The molecule has 0 amide bonds. The summed E-state index contributed by atoms with van der Waals surface area (Å²) in [5, 5.41) is 13.0. The summed E-state index contributed by atoms with van der Waals surface area (Å²) < 4.78 is 0. The normalized spacial score (nSPS) is 14.8. The highest BCUT2D eigenvalue weighted by Crippen LogP contribution is 2.51. The first-order valence-corrected chi connectivity index (χ1v) is 24.4. The van der Waals surface area contributed by atoms with E-state index in [0.29, 0.717) is 0 Å². The lowest BCUT2D eigenvalue weighted by molar-refractivity contribution is 0.602. The predicted octanol–water partition coefficient (Wildman–Crippen LogP) is 19.0. The molecule has 66 heavy (non-hydrogen) atoms. The molecule has 1 heteroatoms. The molecular weight excluding hydrogens is 795 g/mol. The molecule has 2 aliphatic rings. The smallest absolute Gasteiger partial charge is 0.0619 e. The fraction of sp³-hybridized carbons (Fsp3) is 0.169. The van der Waals surface area contributed by atoms with Crippen molar-refractivity contribution in [1.29, 1.82) is 0 Å². The lowest BCUT2D eigenvalue weighted by Gasteiger charge is -2.30. The largest absolute Gasteiger partial charge is 0.309 e. The van der Waals surface area contributed by atoms with E-state index >= 15 is 0 Å². The number of fused-ring (bicyclic) bond motifs is 4. The van der Waals surface area contributed by atoms with Crippen molar-refractivity contribution < 1.29 is 0 Å². The molecule has 0 saturated heterocycles. The molecule has 12 rings (SSSR count). The molecule has 2 aliphatic carbocycles. The van der Waals surface area contributed by atoms with Crippen molar-refractivity contribution in [1.82, 2.24) is 0 Å². The van der Waals surface area contributed by atoms with Gasteiger partial charge >= 0.3 is 0 Å². The van der Waals surface area contributed by atoms with Gasteiger partial charge in [-0.2, -0.15) is 0 Å². The second-order valence-corrected chi connectivity index (χ2v) is 19.0. The SMILES string of the molecule is Cc1ccc(/C(=C\c2ccc(N(c3ccc(C=C4CCCCC4)cc3)c3c4ccccc4c4c5cccc6cccc(c7cccc3c74)c65)cc2)c2ccc(C=C3CCCCC3)cc2)cc1. The molecule has 320 valence electrons. The van der Waals surface area contributed by atoms with Gasteiger partial charge in [0.15, 0.2) is 0 Å². The van der Waals surface area contributed by atoms with Crippen molar-refractivity contribution >= 4 is 94.7 Å². The summed E-state index contributed by atoms with van der Waals surface area (Å²) in [4.78, 5) is 2.53. The van der Waals surface area contributed by atoms with Gasteiger partial charge in [0.25, 0.3) is 0 Å². The van der Waals surface area contributed by atoms with E-state index in [-0.39, 0.29) is 0 Å². The van der Waals surface area contributed by atoms with E-state index in [1.807, 2.05) is 0 Å². The van der Waals surface area contributed by atoms with Crippen molar-refractivity contribution in [3.05, 3.63) is 220 Å². The predicted molar refractivity (Wildman–Crippen MR) is 287 cm³/mol. The van der Waals surface area contributed by atoms with Gasteiger partial charge in [0.1, 0.15) is 0 Å². The summed E-state index contributed by atoms with van der Waals surface area (Å²) in [5.74, 6) is 0. The fourth-order valence-corrected chi connectivity index (χ4v) is 11.3. The van der Waals surface area contributed by atoms with Crippen LogP contribution in [0.5, 0.6) is 0 Å². The Labute approximate surface area is 389 Å². The molecule has 10 aromatic rings. The molecule has 1 nitrogen and oxygen atoms in total. The number of hydrogen-bond acceptors (Lipinski definition) is 1. The maximum atomic E-state index is 2.53. The zero-order chi connectivity index (χ0) is 44.0. The topological polar surface area (TPSA) is 3.24 Å². The van der Waals surface area contributed by atoms with Crippen molar-refractivity contribution in [3.63, 3.8) is 0 Å². The first-order chi connectivity index (χ1) is 32.6. The summed E-state index contributed by atoms with van der Waals surface area (Å²) in [5.41, 5.74) is 15.4. The Bertz CT molecular complexity index is 3470. The molecule has 2 fully saturated rings. The highest BCUT2D eigenvalue weighted by Gasteiger charge is 2.24. The lowest BCUT2D eigenvalue weighted by atomic mass is 9.86. The van der Waals surface area contributed by atoms with Crippen molar-refractivity contribution in [2.75, 3.05) is 4.90 Å². The molecule has 0 aromatic heterocycles. The number of anilines is 3. The van der Waals surface area contributed by atoms with E-state index in [2.05, 4.69) is 206 Å². The summed E-state index contributed by atoms with van der Waals surface area (Å²) in [6.07, 6.45) is 20.1. The van der Waals surface area contributed by atoms with Crippen molar-refractivity contribution in [2.45, 2.75) is 71.1 Å². The van der Waals surface area contributed by atoms with Gasteiger partial charge < -0.3 is 4.90 Å². The van der Waals surface area contributed by atoms with Crippen LogP contribution in [-0.2, 0) is 0 Å². The molecular formula is C65H55N. The molecule has 0 radical (unpaired) electrons. The van der Waals surface area contributed by atoms with Crippen LogP contribution in [0.15, 0.2) is 187 Å². The van der Waals surface area contributed by atoms with Gasteiger partial charge in [0.05, 0.1) is 5.69 Å². The van der Waals surface area contributed by atoms with E-state index in [4.69, 9.17) is 0 Å². The van der Waals surface area contributed by atoms with Gasteiger partial charge in [0, 0.05) is 27.5 Å². The lowest BCUT2D eigenvalue weighted by Crippen LogP contribution is -2.11. The molecule has 0 bridgehead atoms. The molecule has 0 spiro atoms. The molecule has 10 aromatic carbocycles. The summed E-state index contributed by atoms with van der Waals surface area (Å²) in [6.45, 7) is 2.17. The van der Waals surface area contributed by atoms with E-state index in [1.165, 1.54) is 163 Å². The average molecular weight is 850 g/mol. The molecule has 0 heterocycles. The van der Waals surface area contributed by atoms with Crippen LogP contribution >= 0.6 is 0 Å². The van der Waals surface area contributed by atoms with Crippen molar-refractivity contribution in [2.24, 2.45) is 0 Å². The number of aryl methyl sites for hydroxylation is 1. The average Bonchev–Trinajstić information content (AvgIpc) is 3.37.